The molecule has 0 aliphatic carbocycles. The van der Waals surface area contributed by atoms with Gasteiger partial charge in [-0.3, -0.25) is 0 Å². The van der Waals surface area contributed by atoms with Gasteiger partial charge < -0.3 is 10.8 Å². The number of benzene rings is 1. The van der Waals surface area contributed by atoms with E-state index in [1.807, 2.05) is 0 Å². The fraction of sp³-hybridized carbons (Fsp3) is 0.400. The lowest BCUT2D eigenvalue weighted by Gasteiger charge is -2.26. The van der Waals surface area contributed by atoms with E-state index < -0.39 is 17.5 Å². The van der Waals surface area contributed by atoms with Crippen LogP contribution in [0.15, 0.2) is 18.2 Å². The fourth-order valence-corrected chi connectivity index (χ4v) is 1.31. The molecule has 1 atom stereocenters. The van der Waals surface area contributed by atoms with Crippen molar-refractivity contribution in [1.82, 2.24) is 0 Å². The minimum atomic E-state index is -1.07. The molecule has 1 aromatic carbocycles. The van der Waals surface area contributed by atoms with Crippen molar-refractivity contribution >= 4 is 11.6 Å². The lowest BCUT2D eigenvalue weighted by atomic mass is 9.92. The van der Waals surface area contributed by atoms with Crippen LogP contribution in [-0.2, 0) is 0 Å². The SMILES string of the molecule is CC(C)(N)C(O)c1cccc(Cl)c1F. The average molecular weight is 218 g/mol. The Morgan fingerprint density at radius 3 is 2.57 bits per heavy atom. The van der Waals surface area contributed by atoms with E-state index in [-0.39, 0.29) is 10.6 Å². The van der Waals surface area contributed by atoms with E-state index in [4.69, 9.17) is 17.3 Å². The molecule has 0 spiro atoms. The molecule has 3 N–H and O–H groups in total. The summed E-state index contributed by atoms with van der Waals surface area (Å²) in [6, 6.07) is 4.48. The van der Waals surface area contributed by atoms with Crippen LogP contribution in [0.1, 0.15) is 25.5 Å². The Hall–Kier alpha value is -0.640. The molecule has 1 rings (SSSR count). The van der Waals surface area contributed by atoms with Crippen molar-refractivity contribution in [3.8, 4) is 0 Å². The van der Waals surface area contributed by atoms with Crippen molar-refractivity contribution in [2.45, 2.75) is 25.5 Å². The Labute approximate surface area is 87.5 Å². The van der Waals surface area contributed by atoms with Gasteiger partial charge in [0.1, 0.15) is 5.82 Å². The molecule has 1 unspecified atom stereocenters. The summed E-state index contributed by atoms with van der Waals surface area (Å²) in [5, 5.41) is 9.73. The summed E-state index contributed by atoms with van der Waals surface area (Å²) in [5.41, 5.74) is 4.90. The van der Waals surface area contributed by atoms with Crippen LogP contribution >= 0.6 is 11.6 Å². The van der Waals surface area contributed by atoms with Crippen LogP contribution in [0, 0.1) is 5.82 Å². The van der Waals surface area contributed by atoms with Gasteiger partial charge in [0.25, 0.3) is 0 Å². The van der Waals surface area contributed by atoms with Crippen LogP contribution in [0.4, 0.5) is 4.39 Å². The number of hydrogen-bond donors (Lipinski definition) is 2. The molecule has 0 heterocycles. The van der Waals surface area contributed by atoms with Crippen molar-refractivity contribution in [3.05, 3.63) is 34.6 Å². The highest BCUT2D eigenvalue weighted by Gasteiger charge is 2.27. The van der Waals surface area contributed by atoms with Crippen LogP contribution in [0.25, 0.3) is 0 Å². The van der Waals surface area contributed by atoms with Crippen LogP contribution in [0.2, 0.25) is 5.02 Å². The van der Waals surface area contributed by atoms with Crippen molar-refractivity contribution in [2.75, 3.05) is 0 Å². The monoisotopic (exact) mass is 217 g/mol. The lowest BCUT2D eigenvalue weighted by Crippen LogP contribution is -2.39. The number of rotatable bonds is 2. The fourth-order valence-electron chi connectivity index (χ4n) is 1.13. The van der Waals surface area contributed by atoms with Crippen molar-refractivity contribution in [2.24, 2.45) is 5.73 Å². The second kappa shape index (κ2) is 3.85. The standard InChI is InChI=1S/C10H13ClFNO/c1-10(2,13)9(14)6-4-3-5-7(11)8(6)12/h3-5,9,14H,13H2,1-2H3. The van der Waals surface area contributed by atoms with Gasteiger partial charge in [0.2, 0.25) is 0 Å². The van der Waals surface area contributed by atoms with Crippen LogP contribution in [0.3, 0.4) is 0 Å². The Balaban J connectivity index is 3.14. The molecule has 0 fully saturated rings. The first-order valence-electron chi connectivity index (χ1n) is 4.25. The zero-order valence-electron chi connectivity index (χ0n) is 8.09. The normalized spacial score (nSPS) is 14.1. The second-order valence-corrected chi connectivity index (χ2v) is 4.27. The van der Waals surface area contributed by atoms with Gasteiger partial charge in [0.15, 0.2) is 0 Å². The van der Waals surface area contributed by atoms with E-state index in [0.717, 1.165) is 0 Å². The Morgan fingerprint density at radius 1 is 1.50 bits per heavy atom. The van der Waals surface area contributed by atoms with E-state index in [1.165, 1.54) is 12.1 Å². The average Bonchev–Trinajstić information content (AvgIpc) is 2.07. The summed E-state index contributed by atoms with van der Waals surface area (Å²) in [4.78, 5) is 0. The summed E-state index contributed by atoms with van der Waals surface area (Å²) in [7, 11) is 0. The quantitative estimate of drug-likeness (QED) is 0.798. The smallest absolute Gasteiger partial charge is 0.147 e. The first kappa shape index (κ1) is 11.4. The molecule has 0 saturated heterocycles. The van der Waals surface area contributed by atoms with E-state index in [1.54, 1.807) is 19.9 Å². The second-order valence-electron chi connectivity index (χ2n) is 3.87. The van der Waals surface area contributed by atoms with Crippen LogP contribution in [-0.4, -0.2) is 10.6 Å². The van der Waals surface area contributed by atoms with E-state index in [9.17, 15) is 9.50 Å². The molecular formula is C10H13ClFNO. The summed E-state index contributed by atoms with van der Waals surface area (Å²) in [6.45, 7) is 3.25. The molecule has 1 aromatic rings. The minimum Gasteiger partial charge on any atom is -0.386 e. The Morgan fingerprint density at radius 2 is 2.07 bits per heavy atom. The highest BCUT2D eigenvalue weighted by molar-refractivity contribution is 6.30. The van der Waals surface area contributed by atoms with E-state index in [2.05, 4.69) is 0 Å². The molecule has 14 heavy (non-hydrogen) atoms. The number of aliphatic hydroxyl groups excluding tert-OH is 1. The zero-order valence-corrected chi connectivity index (χ0v) is 8.85. The molecule has 2 nitrogen and oxygen atoms in total. The molecule has 0 aliphatic heterocycles. The van der Waals surface area contributed by atoms with Crippen LogP contribution < -0.4 is 5.73 Å². The molecule has 78 valence electrons. The van der Waals surface area contributed by atoms with Gasteiger partial charge in [-0.1, -0.05) is 23.7 Å². The highest BCUT2D eigenvalue weighted by Crippen LogP contribution is 2.28. The third-order valence-corrected chi connectivity index (χ3v) is 2.27. The summed E-state index contributed by atoms with van der Waals surface area (Å²) < 4.78 is 13.4. The molecule has 0 aliphatic rings. The largest absolute Gasteiger partial charge is 0.386 e. The number of hydrogen-bond acceptors (Lipinski definition) is 2. The van der Waals surface area contributed by atoms with Gasteiger partial charge >= 0.3 is 0 Å². The molecule has 4 heteroatoms. The van der Waals surface area contributed by atoms with E-state index in [0.29, 0.717) is 0 Å². The number of aliphatic hydroxyl groups is 1. The predicted molar refractivity (Wildman–Crippen MR) is 54.6 cm³/mol. The molecule has 0 aromatic heterocycles. The third kappa shape index (κ3) is 2.23. The first-order valence-corrected chi connectivity index (χ1v) is 4.62. The summed E-state index contributed by atoms with van der Waals surface area (Å²) in [5.74, 6) is -0.611. The molecule has 0 amide bonds. The molecule has 0 saturated carbocycles. The highest BCUT2D eigenvalue weighted by atomic mass is 35.5. The van der Waals surface area contributed by atoms with Gasteiger partial charge in [0, 0.05) is 11.1 Å². The van der Waals surface area contributed by atoms with Gasteiger partial charge in [-0.15, -0.1) is 0 Å². The van der Waals surface area contributed by atoms with E-state index >= 15 is 0 Å². The molecular weight excluding hydrogens is 205 g/mol. The topological polar surface area (TPSA) is 46.2 Å². The first-order chi connectivity index (χ1) is 6.34. The Bertz CT molecular complexity index is 335. The summed E-state index contributed by atoms with van der Waals surface area (Å²) in [6.07, 6.45) is -1.07. The maximum atomic E-state index is 13.4. The van der Waals surface area contributed by atoms with Gasteiger partial charge in [-0.2, -0.15) is 0 Å². The number of halogens is 2. The zero-order chi connectivity index (χ0) is 10.9. The maximum absolute atomic E-state index is 13.4. The molecule has 0 bridgehead atoms. The minimum absolute atomic E-state index is 0.00852. The third-order valence-electron chi connectivity index (χ3n) is 1.98. The van der Waals surface area contributed by atoms with Crippen molar-refractivity contribution in [3.63, 3.8) is 0 Å². The van der Waals surface area contributed by atoms with Crippen molar-refractivity contribution < 1.29 is 9.50 Å². The number of nitrogens with two attached hydrogens (primary N) is 1. The van der Waals surface area contributed by atoms with Gasteiger partial charge in [-0.05, 0) is 19.9 Å². The molecule has 0 radical (unpaired) electrons. The van der Waals surface area contributed by atoms with Crippen molar-refractivity contribution in [1.29, 1.82) is 0 Å². The summed E-state index contributed by atoms with van der Waals surface area (Å²) >= 11 is 5.58. The predicted octanol–water partition coefficient (Wildman–Crippen LogP) is 2.25. The van der Waals surface area contributed by atoms with Gasteiger partial charge in [0.05, 0.1) is 11.1 Å². The maximum Gasteiger partial charge on any atom is 0.147 e. The Kier molecular flexibility index (Phi) is 3.14. The lowest BCUT2D eigenvalue weighted by molar-refractivity contribution is 0.101. The van der Waals surface area contributed by atoms with Crippen LogP contribution in [0.5, 0.6) is 0 Å². The van der Waals surface area contributed by atoms with Gasteiger partial charge in [-0.25, -0.2) is 4.39 Å².